The van der Waals surface area contributed by atoms with Gasteiger partial charge in [0.15, 0.2) is 0 Å². The van der Waals surface area contributed by atoms with Gasteiger partial charge in [-0.3, -0.25) is 0 Å². The van der Waals surface area contributed by atoms with E-state index in [1.54, 1.807) is 19.2 Å². The molecular formula is C17H14BrFN2O4. The molecular weight excluding hydrogens is 395 g/mol. The van der Waals surface area contributed by atoms with Gasteiger partial charge in [-0.15, -0.1) is 5.10 Å². The zero-order valence-electron chi connectivity index (χ0n) is 13.5. The number of hydrogen-bond donors (Lipinski definition) is 0. The van der Waals surface area contributed by atoms with Gasteiger partial charge >= 0.3 is 5.76 Å². The maximum absolute atomic E-state index is 13.0. The van der Waals surface area contributed by atoms with Crippen molar-refractivity contribution in [3.05, 3.63) is 62.8 Å². The van der Waals surface area contributed by atoms with Gasteiger partial charge in [0.2, 0.25) is 5.89 Å². The number of rotatable bonds is 5. The lowest BCUT2D eigenvalue weighted by Gasteiger charge is -2.11. The van der Waals surface area contributed by atoms with Crippen molar-refractivity contribution in [1.82, 2.24) is 9.78 Å². The fourth-order valence-corrected chi connectivity index (χ4v) is 2.81. The van der Waals surface area contributed by atoms with E-state index in [2.05, 4.69) is 21.0 Å². The molecule has 0 radical (unpaired) electrons. The van der Waals surface area contributed by atoms with Gasteiger partial charge in [0.1, 0.15) is 17.3 Å². The van der Waals surface area contributed by atoms with Gasteiger partial charge in [-0.05, 0) is 52.3 Å². The molecule has 0 aliphatic carbocycles. The number of benzene rings is 2. The summed E-state index contributed by atoms with van der Waals surface area (Å²) >= 11 is 3.38. The van der Waals surface area contributed by atoms with Gasteiger partial charge in [-0.1, -0.05) is 0 Å². The monoisotopic (exact) mass is 408 g/mol. The molecule has 1 heterocycles. The first-order chi connectivity index (χ1) is 12.0. The smallest absolute Gasteiger partial charge is 0.437 e. The summed E-state index contributed by atoms with van der Waals surface area (Å²) in [6.45, 7) is 0.135. The van der Waals surface area contributed by atoms with Gasteiger partial charge in [0, 0.05) is 11.1 Å². The molecule has 2 aromatic carbocycles. The number of methoxy groups -OCH3 is 2. The molecule has 0 fully saturated rings. The number of nitrogens with zero attached hydrogens (tertiary/aromatic N) is 2. The van der Waals surface area contributed by atoms with E-state index in [0.29, 0.717) is 22.6 Å². The predicted octanol–water partition coefficient (Wildman–Crippen LogP) is 3.47. The van der Waals surface area contributed by atoms with Crippen LogP contribution in [0.15, 0.2) is 50.1 Å². The van der Waals surface area contributed by atoms with Crippen molar-refractivity contribution in [2.75, 3.05) is 14.2 Å². The van der Waals surface area contributed by atoms with Crippen molar-refractivity contribution in [1.29, 1.82) is 0 Å². The lowest BCUT2D eigenvalue weighted by molar-refractivity contribution is 0.393. The van der Waals surface area contributed by atoms with Crippen LogP contribution in [0, 0.1) is 5.82 Å². The van der Waals surface area contributed by atoms with Crippen molar-refractivity contribution in [2.24, 2.45) is 0 Å². The Labute approximate surface area is 150 Å². The Balaban J connectivity index is 1.96. The molecule has 0 aliphatic rings. The van der Waals surface area contributed by atoms with Gasteiger partial charge in [-0.2, -0.15) is 4.68 Å². The van der Waals surface area contributed by atoms with Crippen molar-refractivity contribution in [3.8, 4) is 23.0 Å². The van der Waals surface area contributed by atoms with Gasteiger partial charge < -0.3 is 13.9 Å². The standard InChI is InChI=1S/C17H14BrFN2O4/c1-23-14-8-13(18)15(24-2)7-11(14)9-21-17(22)25-16(20-21)10-3-5-12(19)6-4-10/h3-8H,9H2,1-2H3. The third-order valence-corrected chi connectivity index (χ3v) is 4.19. The molecule has 0 atom stereocenters. The van der Waals surface area contributed by atoms with Crippen LogP contribution < -0.4 is 15.2 Å². The predicted molar refractivity (Wildman–Crippen MR) is 92.5 cm³/mol. The first kappa shape index (κ1) is 17.2. The Morgan fingerprint density at radius 1 is 1.16 bits per heavy atom. The Kier molecular flexibility index (Phi) is 4.89. The molecule has 0 aliphatic heterocycles. The normalized spacial score (nSPS) is 10.7. The zero-order valence-corrected chi connectivity index (χ0v) is 15.0. The fourth-order valence-electron chi connectivity index (χ4n) is 2.32. The third-order valence-electron chi connectivity index (χ3n) is 3.57. The highest BCUT2D eigenvalue weighted by Crippen LogP contribution is 2.33. The highest BCUT2D eigenvalue weighted by atomic mass is 79.9. The van der Waals surface area contributed by atoms with E-state index >= 15 is 0 Å². The van der Waals surface area contributed by atoms with E-state index in [-0.39, 0.29) is 18.3 Å². The minimum absolute atomic E-state index is 0.119. The second kappa shape index (κ2) is 7.10. The van der Waals surface area contributed by atoms with E-state index in [1.165, 1.54) is 36.1 Å². The van der Waals surface area contributed by atoms with Crippen LogP contribution in [0.4, 0.5) is 4.39 Å². The topological polar surface area (TPSA) is 66.5 Å². The molecule has 130 valence electrons. The van der Waals surface area contributed by atoms with Gasteiger partial charge in [0.05, 0.1) is 25.2 Å². The summed E-state index contributed by atoms with van der Waals surface area (Å²) in [6, 6.07) is 9.04. The average Bonchev–Trinajstić information content (AvgIpc) is 2.97. The van der Waals surface area contributed by atoms with Crippen molar-refractivity contribution < 1.29 is 18.3 Å². The Bertz CT molecular complexity index is 950. The van der Waals surface area contributed by atoms with Crippen molar-refractivity contribution in [3.63, 3.8) is 0 Å². The molecule has 8 heteroatoms. The zero-order chi connectivity index (χ0) is 18.0. The SMILES string of the molecule is COc1cc(Cn2nc(-c3ccc(F)cc3)oc2=O)c(OC)cc1Br. The lowest BCUT2D eigenvalue weighted by atomic mass is 10.2. The maximum atomic E-state index is 13.0. The van der Waals surface area contributed by atoms with E-state index in [1.807, 2.05) is 0 Å². The minimum Gasteiger partial charge on any atom is -0.496 e. The lowest BCUT2D eigenvalue weighted by Crippen LogP contribution is -2.17. The second-order valence-corrected chi connectivity index (χ2v) is 5.99. The highest BCUT2D eigenvalue weighted by molar-refractivity contribution is 9.10. The molecule has 1 aromatic heterocycles. The van der Waals surface area contributed by atoms with Crippen LogP contribution in [0.25, 0.3) is 11.5 Å². The van der Waals surface area contributed by atoms with Crippen LogP contribution >= 0.6 is 15.9 Å². The number of hydrogen-bond acceptors (Lipinski definition) is 5. The Morgan fingerprint density at radius 2 is 1.84 bits per heavy atom. The molecule has 0 N–H and O–H groups in total. The Morgan fingerprint density at radius 3 is 2.48 bits per heavy atom. The van der Waals surface area contributed by atoms with Crippen molar-refractivity contribution >= 4 is 15.9 Å². The van der Waals surface area contributed by atoms with Crippen LogP contribution in [-0.2, 0) is 6.54 Å². The van der Waals surface area contributed by atoms with E-state index in [4.69, 9.17) is 13.9 Å². The van der Waals surface area contributed by atoms with Crippen LogP contribution in [0.2, 0.25) is 0 Å². The summed E-state index contributed by atoms with van der Waals surface area (Å²) in [5.41, 5.74) is 1.21. The summed E-state index contributed by atoms with van der Waals surface area (Å²) in [4.78, 5) is 12.1. The van der Waals surface area contributed by atoms with Crippen molar-refractivity contribution in [2.45, 2.75) is 6.54 Å². The van der Waals surface area contributed by atoms with E-state index in [0.717, 1.165) is 4.47 Å². The van der Waals surface area contributed by atoms with Crippen LogP contribution in [0.5, 0.6) is 11.5 Å². The Hall–Kier alpha value is -2.61. The molecule has 3 rings (SSSR count). The van der Waals surface area contributed by atoms with Gasteiger partial charge in [0.25, 0.3) is 0 Å². The largest absolute Gasteiger partial charge is 0.496 e. The molecule has 0 bridgehead atoms. The molecule has 0 unspecified atom stereocenters. The molecule has 3 aromatic rings. The number of halogens is 2. The summed E-state index contributed by atoms with van der Waals surface area (Å²) < 4.78 is 30.7. The minimum atomic E-state index is -0.622. The van der Waals surface area contributed by atoms with E-state index < -0.39 is 5.76 Å². The summed E-state index contributed by atoms with van der Waals surface area (Å²) in [6.07, 6.45) is 0. The maximum Gasteiger partial charge on any atom is 0.437 e. The quantitative estimate of drug-likeness (QED) is 0.646. The molecule has 6 nitrogen and oxygen atoms in total. The fraction of sp³-hybridized carbons (Fsp3) is 0.176. The summed E-state index contributed by atoms with van der Waals surface area (Å²) in [5, 5.41) is 4.17. The molecule has 0 saturated carbocycles. The highest BCUT2D eigenvalue weighted by Gasteiger charge is 2.15. The second-order valence-electron chi connectivity index (χ2n) is 5.14. The molecule has 0 spiro atoms. The molecule has 0 amide bonds. The third kappa shape index (κ3) is 3.58. The van der Waals surface area contributed by atoms with Crippen LogP contribution in [0.1, 0.15) is 5.56 Å². The van der Waals surface area contributed by atoms with Crippen LogP contribution in [0.3, 0.4) is 0 Å². The summed E-state index contributed by atoms with van der Waals surface area (Å²) in [7, 11) is 3.08. The molecule has 25 heavy (non-hydrogen) atoms. The number of ether oxygens (including phenoxy) is 2. The first-order valence-corrected chi connectivity index (χ1v) is 8.05. The average molecular weight is 409 g/mol. The van der Waals surface area contributed by atoms with E-state index in [9.17, 15) is 9.18 Å². The summed E-state index contributed by atoms with van der Waals surface area (Å²) in [5.74, 6) is 0.297. The molecule has 0 saturated heterocycles. The number of aromatic nitrogens is 2. The van der Waals surface area contributed by atoms with Gasteiger partial charge in [-0.25, -0.2) is 9.18 Å². The first-order valence-electron chi connectivity index (χ1n) is 7.26. The van der Waals surface area contributed by atoms with Crippen LogP contribution in [-0.4, -0.2) is 24.0 Å².